The molecule has 0 spiro atoms. The van der Waals surface area contributed by atoms with E-state index >= 15 is 0 Å². The van der Waals surface area contributed by atoms with Crippen molar-refractivity contribution in [1.29, 1.82) is 0 Å². The van der Waals surface area contributed by atoms with Crippen molar-refractivity contribution in [3.05, 3.63) is 23.8 Å². The zero-order valence-electron chi connectivity index (χ0n) is 11.1. The second kappa shape index (κ2) is 6.63. The molecule has 0 aromatic heterocycles. The van der Waals surface area contributed by atoms with Crippen molar-refractivity contribution in [2.24, 2.45) is 5.73 Å². The fourth-order valence-electron chi connectivity index (χ4n) is 1.36. The van der Waals surface area contributed by atoms with Gasteiger partial charge in [0.1, 0.15) is 0 Å². The number of hydrogen-bond donors (Lipinski definition) is 1. The van der Waals surface area contributed by atoms with E-state index in [1.54, 1.807) is 6.07 Å². The van der Waals surface area contributed by atoms with Crippen LogP contribution in [0.2, 0.25) is 0 Å². The van der Waals surface area contributed by atoms with Crippen LogP contribution in [-0.2, 0) is 9.53 Å². The van der Waals surface area contributed by atoms with Gasteiger partial charge in [-0.05, 0) is 32.0 Å². The number of nitrogens with two attached hydrogens (primary N) is 1. The molecule has 2 N–H and O–H groups in total. The molecule has 6 nitrogen and oxygen atoms in total. The van der Waals surface area contributed by atoms with E-state index < -0.39 is 18.0 Å². The first-order valence-corrected chi connectivity index (χ1v) is 5.80. The van der Waals surface area contributed by atoms with Crippen LogP contribution in [0.1, 0.15) is 24.2 Å². The number of carbonyl (C=O) groups excluding carboxylic acids is 2. The molecule has 0 aliphatic heterocycles. The summed E-state index contributed by atoms with van der Waals surface area (Å²) in [6.45, 7) is 3.67. The molecule has 0 radical (unpaired) electrons. The largest absolute Gasteiger partial charge is 0.493 e. The van der Waals surface area contributed by atoms with Crippen molar-refractivity contribution in [2.45, 2.75) is 20.0 Å². The van der Waals surface area contributed by atoms with Gasteiger partial charge in [0.25, 0.3) is 5.91 Å². The van der Waals surface area contributed by atoms with Crippen LogP contribution in [-0.4, -0.2) is 31.7 Å². The van der Waals surface area contributed by atoms with Crippen LogP contribution in [0.5, 0.6) is 11.5 Å². The highest BCUT2D eigenvalue weighted by molar-refractivity contribution is 5.92. The first-order chi connectivity index (χ1) is 8.99. The van der Waals surface area contributed by atoms with Gasteiger partial charge < -0.3 is 19.9 Å². The molecule has 19 heavy (non-hydrogen) atoms. The molecule has 1 aromatic carbocycles. The summed E-state index contributed by atoms with van der Waals surface area (Å²) in [6.07, 6.45) is -0.981. The maximum atomic E-state index is 11.8. The summed E-state index contributed by atoms with van der Waals surface area (Å²) in [6, 6.07) is 4.62. The highest BCUT2D eigenvalue weighted by Crippen LogP contribution is 2.28. The Morgan fingerprint density at radius 2 is 2.00 bits per heavy atom. The fourth-order valence-corrected chi connectivity index (χ4v) is 1.36. The summed E-state index contributed by atoms with van der Waals surface area (Å²) in [5.74, 6) is -0.394. The van der Waals surface area contributed by atoms with Crippen LogP contribution in [0.15, 0.2) is 18.2 Å². The lowest BCUT2D eigenvalue weighted by molar-refractivity contribution is -0.125. The summed E-state index contributed by atoms with van der Waals surface area (Å²) in [5, 5.41) is 0. The van der Waals surface area contributed by atoms with Gasteiger partial charge in [0, 0.05) is 0 Å². The lowest BCUT2D eigenvalue weighted by atomic mass is 10.2. The molecule has 0 saturated carbocycles. The quantitative estimate of drug-likeness (QED) is 0.780. The predicted octanol–water partition coefficient (Wildman–Crippen LogP) is 1.12. The number of esters is 1. The van der Waals surface area contributed by atoms with Gasteiger partial charge >= 0.3 is 5.97 Å². The number of carbonyl (C=O) groups is 2. The van der Waals surface area contributed by atoms with Gasteiger partial charge in [-0.15, -0.1) is 0 Å². The lowest BCUT2D eigenvalue weighted by Gasteiger charge is -2.12. The molecule has 0 aliphatic rings. The van der Waals surface area contributed by atoms with Crippen LogP contribution in [0.4, 0.5) is 0 Å². The van der Waals surface area contributed by atoms with Crippen LogP contribution >= 0.6 is 0 Å². The normalized spacial score (nSPS) is 11.5. The molecule has 1 rings (SSSR count). The zero-order valence-corrected chi connectivity index (χ0v) is 11.1. The Labute approximate surface area is 111 Å². The Hall–Kier alpha value is -2.24. The minimum Gasteiger partial charge on any atom is -0.493 e. The lowest BCUT2D eigenvalue weighted by Crippen LogP contribution is -2.30. The summed E-state index contributed by atoms with van der Waals surface area (Å²) < 4.78 is 15.3. The molecule has 0 fully saturated rings. The molecular formula is C13H17NO5. The summed E-state index contributed by atoms with van der Waals surface area (Å²) in [7, 11) is 1.50. The predicted molar refractivity (Wildman–Crippen MR) is 68.2 cm³/mol. The molecule has 0 saturated heterocycles. The Balaban J connectivity index is 2.91. The standard InChI is InChI=1S/C13H17NO5/c1-4-18-11-7-9(5-6-10(11)17-3)13(16)19-8(2)12(14)15/h5-8H,4H2,1-3H3,(H2,14,15)/t8-/m1/s1. The molecule has 1 amide bonds. The maximum Gasteiger partial charge on any atom is 0.339 e. The molecule has 0 heterocycles. The van der Waals surface area contributed by atoms with Crippen LogP contribution in [0, 0.1) is 0 Å². The van der Waals surface area contributed by atoms with Crippen molar-refractivity contribution in [3.8, 4) is 11.5 Å². The molecule has 1 atom stereocenters. The molecular weight excluding hydrogens is 250 g/mol. The molecule has 0 bridgehead atoms. The van der Waals surface area contributed by atoms with Gasteiger partial charge in [0.15, 0.2) is 17.6 Å². The van der Waals surface area contributed by atoms with Crippen LogP contribution < -0.4 is 15.2 Å². The maximum absolute atomic E-state index is 11.8. The summed E-state index contributed by atoms with van der Waals surface area (Å²) in [4.78, 5) is 22.6. The van der Waals surface area contributed by atoms with Gasteiger partial charge in [-0.2, -0.15) is 0 Å². The smallest absolute Gasteiger partial charge is 0.339 e. The van der Waals surface area contributed by atoms with Crippen molar-refractivity contribution in [1.82, 2.24) is 0 Å². The van der Waals surface area contributed by atoms with Gasteiger partial charge in [-0.3, -0.25) is 4.79 Å². The average molecular weight is 267 g/mol. The van der Waals surface area contributed by atoms with Crippen molar-refractivity contribution in [2.75, 3.05) is 13.7 Å². The second-order valence-corrected chi connectivity index (χ2v) is 3.75. The number of amides is 1. The van der Waals surface area contributed by atoms with Gasteiger partial charge in [-0.1, -0.05) is 0 Å². The number of ether oxygens (including phenoxy) is 3. The third kappa shape index (κ3) is 3.87. The third-order valence-corrected chi connectivity index (χ3v) is 2.38. The fraction of sp³-hybridized carbons (Fsp3) is 0.385. The zero-order chi connectivity index (χ0) is 14.4. The van der Waals surface area contributed by atoms with E-state index in [1.807, 2.05) is 6.92 Å². The monoisotopic (exact) mass is 267 g/mol. The molecule has 104 valence electrons. The Kier molecular flexibility index (Phi) is 5.17. The molecule has 6 heteroatoms. The highest BCUT2D eigenvalue weighted by Gasteiger charge is 2.17. The Morgan fingerprint density at radius 3 is 2.53 bits per heavy atom. The number of hydrogen-bond acceptors (Lipinski definition) is 5. The van der Waals surface area contributed by atoms with E-state index in [0.717, 1.165) is 0 Å². The minimum absolute atomic E-state index is 0.261. The van der Waals surface area contributed by atoms with E-state index in [0.29, 0.717) is 18.1 Å². The topological polar surface area (TPSA) is 87.9 Å². The van der Waals surface area contributed by atoms with Crippen LogP contribution in [0.3, 0.4) is 0 Å². The molecule has 0 unspecified atom stereocenters. The third-order valence-electron chi connectivity index (χ3n) is 2.38. The molecule has 0 aliphatic carbocycles. The number of primary amides is 1. The first-order valence-electron chi connectivity index (χ1n) is 5.80. The SMILES string of the molecule is CCOc1cc(C(=O)O[C@H](C)C(N)=O)ccc1OC. The minimum atomic E-state index is -0.981. The first kappa shape index (κ1) is 14.8. The van der Waals surface area contributed by atoms with Crippen LogP contribution in [0.25, 0.3) is 0 Å². The van der Waals surface area contributed by atoms with E-state index in [9.17, 15) is 9.59 Å². The highest BCUT2D eigenvalue weighted by atomic mass is 16.5. The van der Waals surface area contributed by atoms with Crippen molar-refractivity contribution in [3.63, 3.8) is 0 Å². The van der Waals surface area contributed by atoms with Crippen molar-refractivity contribution < 1.29 is 23.8 Å². The van der Waals surface area contributed by atoms with E-state index in [2.05, 4.69) is 0 Å². The van der Waals surface area contributed by atoms with Crippen molar-refractivity contribution >= 4 is 11.9 Å². The Bertz CT molecular complexity index is 472. The van der Waals surface area contributed by atoms with E-state index in [-0.39, 0.29) is 5.56 Å². The van der Waals surface area contributed by atoms with Gasteiger partial charge in [0.05, 0.1) is 19.3 Å². The Morgan fingerprint density at radius 1 is 1.32 bits per heavy atom. The molecule has 1 aromatic rings. The number of benzene rings is 1. The number of methoxy groups -OCH3 is 1. The average Bonchev–Trinajstić information content (AvgIpc) is 2.38. The van der Waals surface area contributed by atoms with E-state index in [1.165, 1.54) is 26.2 Å². The van der Waals surface area contributed by atoms with E-state index in [4.69, 9.17) is 19.9 Å². The number of rotatable bonds is 6. The van der Waals surface area contributed by atoms with Gasteiger partial charge in [-0.25, -0.2) is 4.79 Å². The van der Waals surface area contributed by atoms with Gasteiger partial charge in [0.2, 0.25) is 0 Å². The summed E-state index contributed by atoms with van der Waals surface area (Å²) >= 11 is 0. The summed E-state index contributed by atoms with van der Waals surface area (Å²) in [5.41, 5.74) is 5.29. The second-order valence-electron chi connectivity index (χ2n) is 3.75.